The summed E-state index contributed by atoms with van der Waals surface area (Å²) in [5, 5.41) is -1.20. The lowest BCUT2D eigenvalue weighted by Gasteiger charge is -2.06. The second-order valence-electron chi connectivity index (χ2n) is 2.36. The van der Waals surface area contributed by atoms with E-state index < -0.39 is 34.4 Å². The summed E-state index contributed by atoms with van der Waals surface area (Å²) in [6.07, 6.45) is -2.43. The Bertz CT molecular complexity index is 383. The molecule has 1 rings (SSSR count). The average Bonchev–Trinajstić information content (AvgIpc) is 2.02. The number of hydrogen-bond acceptors (Lipinski definition) is 3. The van der Waals surface area contributed by atoms with Crippen molar-refractivity contribution in [2.24, 2.45) is 0 Å². The summed E-state index contributed by atoms with van der Waals surface area (Å²) in [6, 6.07) is 0. The molecular weight excluding hydrogens is 221 g/mol. The first-order valence-corrected chi connectivity index (χ1v) is 3.74. The Balaban J connectivity index is 3.41. The van der Waals surface area contributed by atoms with Crippen LogP contribution < -0.4 is 5.73 Å². The molecule has 7 heteroatoms. The van der Waals surface area contributed by atoms with Crippen LogP contribution in [0.5, 0.6) is 0 Å². The molecule has 2 N–H and O–H groups in total. The van der Waals surface area contributed by atoms with E-state index in [0.29, 0.717) is 6.20 Å². The molecule has 0 amide bonds. The van der Waals surface area contributed by atoms with Gasteiger partial charge < -0.3 is 5.73 Å². The Kier molecular flexibility index (Phi) is 2.95. The smallest absolute Gasteiger partial charge is 0.270 e. The number of nitrogens with zero attached hydrogens (tertiary/aromatic N) is 1. The van der Waals surface area contributed by atoms with E-state index in [1.54, 1.807) is 0 Å². The SMILES string of the molecule is Nc1ncc(C(=O)Cl)c(F)c1C(F)F. The summed E-state index contributed by atoms with van der Waals surface area (Å²) in [5.41, 5.74) is 3.19. The maximum absolute atomic E-state index is 13.1. The third-order valence-corrected chi connectivity index (χ3v) is 1.72. The molecule has 0 unspecified atom stereocenters. The molecular formula is C7H4ClF3N2O. The Labute approximate surface area is 81.7 Å². The van der Waals surface area contributed by atoms with Gasteiger partial charge in [0, 0.05) is 6.20 Å². The standard InChI is InChI=1S/C7H4ClF3N2O/c8-5(14)2-1-13-7(12)3(4(2)9)6(10)11/h1,6H,(H2,12,13). The molecule has 0 saturated carbocycles. The number of nitrogen functional groups attached to an aromatic ring is 1. The number of anilines is 1. The van der Waals surface area contributed by atoms with E-state index in [4.69, 9.17) is 17.3 Å². The Morgan fingerprint density at radius 2 is 2.14 bits per heavy atom. The van der Waals surface area contributed by atoms with Gasteiger partial charge >= 0.3 is 0 Å². The molecule has 0 atom stereocenters. The molecule has 14 heavy (non-hydrogen) atoms. The lowest BCUT2D eigenvalue weighted by molar-refractivity contribution is 0.107. The van der Waals surface area contributed by atoms with Crippen LogP contribution >= 0.6 is 11.6 Å². The van der Waals surface area contributed by atoms with Crippen LogP contribution in [0.15, 0.2) is 6.20 Å². The first kappa shape index (κ1) is 10.8. The fourth-order valence-electron chi connectivity index (χ4n) is 0.862. The largest absolute Gasteiger partial charge is 0.383 e. The van der Waals surface area contributed by atoms with Crippen molar-refractivity contribution in [3.05, 3.63) is 23.1 Å². The molecule has 1 aromatic rings. The first-order chi connectivity index (χ1) is 6.45. The molecule has 0 bridgehead atoms. The number of carbonyl (C=O) groups excluding carboxylic acids is 1. The number of carbonyl (C=O) groups is 1. The zero-order valence-electron chi connectivity index (χ0n) is 6.60. The summed E-state index contributed by atoms with van der Waals surface area (Å²) >= 11 is 4.93. The van der Waals surface area contributed by atoms with Crippen LogP contribution in [0.3, 0.4) is 0 Å². The van der Waals surface area contributed by atoms with Crippen LogP contribution in [0.4, 0.5) is 19.0 Å². The molecule has 1 aromatic heterocycles. The summed E-state index contributed by atoms with van der Waals surface area (Å²) in [4.78, 5) is 13.8. The minimum absolute atomic E-state index is 0.654. The van der Waals surface area contributed by atoms with Crippen molar-refractivity contribution in [1.82, 2.24) is 4.98 Å². The minimum atomic E-state index is -3.14. The Hall–Kier alpha value is -1.30. The number of nitrogens with two attached hydrogens (primary N) is 1. The van der Waals surface area contributed by atoms with E-state index >= 15 is 0 Å². The van der Waals surface area contributed by atoms with Crippen LogP contribution in [0.1, 0.15) is 22.3 Å². The van der Waals surface area contributed by atoms with Crippen molar-refractivity contribution in [3.8, 4) is 0 Å². The fourth-order valence-corrected chi connectivity index (χ4v) is 0.994. The topological polar surface area (TPSA) is 56.0 Å². The van der Waals surface area contributed by atoms with Gasteiger partial charge in [0.1, 0.15) is 11.6 Å². The molecule has 0 radical (unpaired) electrons. The number of halogens is 4. The average molecular weight is 225 g/mol. The van der Waals surface area contributed by atoms with E-state index in [0.717, 1.165) is 0 Å². The van der Waals surface area contributed by atoms with E-state index in [1.807, 2.05) is 0 Å². The molecule has 0 saturated heterocycles. The third kappa shape index (κ3) is 1.79. The van der Waals surface area contributed by atoms with Gasteiger partial charge in [-0.2, -0.15) is 0 Å². The number of rotatable bonds is 2. The Morgan fingerprint density at radius 1 is 1.57 bits per heavy atom. The van der Waals surface area contributed by atoms with E-state index in [-0.39, 0.29) is 0 Å². The van der Waals surface area contributed by atoms with Gasteiger partial charge in [-0.05, 0) is 11.6 Å². The van der Waals surface area contributed by atoms with Gasteiger partial charge in [-0.25, -0.2) is 18.2 Å². The van der Waals surface area contributed by atoms with Crippen LogP contribution in [-0.4, -0.2) is 10.2 Å². The van der Waals surface area contributed by atoms with Crippen molar-refractivity contribution >= 4 is 22.7 Å². The molecule has 1 heterocycles. The molecule has 0 fully saturated rings. The van der Waals surface area contributed by atoms with E-state index in [2.05, 4.69) is 4.98 Å². The summed E-state index contributed by atoms with van der Waals surface area (Å²) in [7, 11) is 0. The zero-order chi connectivity index (χ0) is 10.9. The van der Waals surface area contributed by atoms with Crippen LogP contribution in [-0.2, 0) is 0 Å². The maximum atomic E-state index is 13.1. The number of pyridine rings is 1. The highest BCUT2D eigenvalue weighted by atomic mass is 35.5. The monoisotopic (exact) mass is 224 g/mol. The predicted octanol–water partition coefficient (Wildman–Crippen LogP) is 2.12. The van der Waals surface area contributed by atoms with Gasteiger partial charge in [-0.1, -0.05) is 0 Å². The lowest BCUT2D eigenvalue weighted by Crippen LogP contribution is -2.07. The first-order valence-electron chi connectivity index (χ1n) is 3.37. The van der Waals surface area contributed by atoms with Crippen LogP contribution in [0, 0.1) is 5.82 Å². The van der Waals surface area contributed by atoms with E-state index in [9.17, 15) is 18.0 Å². The van der Waals surface area contributed by atoms with Crippen molar-refractivity contribution in [1.29, 1.82) is 0 Å². The van der Waals surface area contributed by atoms with Gasteiger partial charge in [0.05, 0.1) is 11.1 Å². The van der Waals surface area contributed by atoms with Gasteiger partial charge in [-0.15, -0.1) is 0 Å². The van der Waals surface area contributed by atoms with Crippen LogP contribution in [0.2, 0.25) is 0 Å². The highest BCUT2D eigenvalue weighted by molar-refractivity contribution is 6.67. The van der Waals surface area contributed by atoms with Gasteiger partial charge in [0.25, 0.3) is 11.7 Å². The second kappa shape index (κ2) is 3.83. The lowest BCUT2D eigenvalue weighted by atomic mass is 10.2. The van der Waals surface area contributed by atoms with Gasteiger partial charge in [-0.3, -0.25) is 4.79 Å². The normalized spacial score (nSPS) is 10.6. The van der Waals surface area contributed by atoms with E-state index in [1.165, 1.54) is 0 Å². The number of aromatic nitrogens is 1. The fraction of sp³-hybridized carbons (Fsp3) is 0.143. The molecule has 3 nitrogen and oxygen atoms in total. The summed E-state index contributed by atoms with van der Waals surface area (Å²) in [5.74, 6) is -2.08. The highest BCUT2D eigenvalue weighted by Crippen LogP contribution is 2.28. The third-order valence-electron chi connectivity index (χ3n) is 1.51. The molecule has 0 aromatic carbocycles. The molecule has 76 valence electrons. The highest BCUT2D eigenvalue weighted by Gasteiger charge is 2.23. The number of alkyl halides is 2. The molecule has 0 aliphatic heterocycles. The van der Waals surface area contributed by atoms with Crippen molar-refractivity contribution in [2.45, 2.75) is 6.43 Å². The Morgan fingerprint density at radius 3 is 2.57 bits per heavy atom. The maximum Gasteiger partial charge on any atom is 0.270 e. The summed E-state index contributed by atoms with van der Waals surface area (Å²) < 4.78 is 37.6. The minimum Gasteiger partial charge on any atom is -0.383 e. The summed E-state index contributed by atoms with van der Waals surface area (Å²) in [6.45, 7) is 0. The van der Waals surface area contributed by atoms with Gasteiger partial charge in [0.2, 0.25) is 0 Å². The number of hydrogen-bond donors (Lipinski definition) is 1. The second-order valence-corrected chi connectivity index (χ2v) is 2.70. The van der Waals surface area contributed by atoms with Crippen molar-refractivity contribution < 1.29 is 18.0 Å². The molecule has 0 spiro atoms. The predicted molar refractivity (Wildman–Crippen MR) is 43.7 cm³/mol. The van der Waals surface area contributed by atoms with Crippen molar-refractivity contribution in [2.75, 3.05) is 5.73 Å². The molecule has 0 aliphatic carbocycles. The van der Waals surface area contributed by atoms with Crippen LogP contribution in [0.25, 0.3) is 0 Å². The quantitative estimate of drug-likeness (QED) is 0.783. The van der Waals surface area contributed by atoms with Gasteiger partial charge in [0.15, 0.2) is 0 Å². The zero-order valence-corrected chi connectivity index (χ0v) is 7.36. The van der Waals surface area contributed by atoms with Crippen molar-refractivity contribution in [3.63, 3.8) is 0 Å². The molecule has 0 aliphatic rings.